The first-order valence-corrected chi connectivity index (χ1v) is 10.7. The Bertz CT molecular complexity index is 1090. The Morgan fingerprint density at radius 2 is 1.39 bits per heavy atom. The monoisotopic (exact) mass is 444 g/mol. The molecule has 0 aliphatic carbocycles. The highest BCUT2D eigenvalue weighted by molar-refractivity contribution is 6.39. The molecule has 0 atom stereocenters. The van der Waals surface area contributed by atoms with Crippen LogP contribution in [0.25, 0.3) is 0 Å². The molecular weight excluding hydrogens is 420 g/mol. The summed E-state index contributed by atoms with van der Waals surface area (Å²) < 4.78 is 0. The number of carbonyl (C=O) groups excluding carboxylic acids is 2. The molecule has 0 saturated carbocycles. The number of nitrogens with zero attached hydrogens (tertiary/aromatic N) is 3. The Labute approximate surface area is 191 Å². The summed E-state index contributed by atoms with van der Waals surface area (Å²) in [6, 6.07) is 26.0. The second kappa shape index (κ2) is 10.1. The summed E-state index contributed by atoms with van der Waals surface area (Å²) in [4.78, 5) is 39.4. The smallest absolute Gasteiger partial charge is 0.313 e. The summed E-state index contributed by atoms with van der Waals surface area (Å²) in [7, 11) is 0. The summed E-state index contributed by atoms with van der Waals surface area (Å²) in [5.41, 5.74) is 2.41. The minimum absolute atomic E-state index is 0.0587. The van der Waals surface area contributed by atoms with Crippen molar-refractivity contribution in [3.05, 3.63) is 106 Å². The summed E-state index contributed by atoms with van der Waals surface area (Å²) in [5.74, 6) is -1.44. The van der Waals surface area contributed by atoms with Crippen LogP contribution in [0.15, 0.2) is 84.9 Å². The molecule has 0 bridgehead atoms. The highest BCUT2D eigenvalue weighted by atomic mass is 16.6. The van der Waals surface area contributed by atoms with Crippen LogP contribution in [0.2, 0.25) is 0 Å². The van der Waals surface area contributed by atoms with Crippen molar-refractivity contribution in [3.8, 4) is 0 Å². The molecular formula is C25H24N4O4. The maximum absolute atomic E-state index is 12.7. The number of hydrogen-bond donors (Lipinski definition) is 1. The number of carbonyl (C=O) groups is 2. The van der Waals surface area contributed by atoms with E-state index in [2.05, 4.69) is 34.5 Å². The fraction of sp³-hybridized carbons (Fsp3) is 0.200. The van der Waals surface area contributed by atoms with E-state index in [1.165, 1.54) is 40.3 Å². The van der Waals surface area contributed by atoms with Crippen LogP contribution < -0.4 is 5.32 Å². The van der Waals surface area contributed by atoms with Crippen LogP contribution >= 0.6 is 0 Å². The molecule has 1 saturated heterocycles. The molecule has 1 aliphatic heterocycles. The van der Waals surface area contributed by atoms with Gasteiger partial charge in [0.2, 0.25) is 0 Å². The van der Waals surface area contributed by atoms with E-state index >= 15 is 0 Å². The lowest BCUT2D eigenvalue weighted by Gasteiger charge is -2.39. The summed E-state index contributed by atoms with van der Waals surface area (Å²) >= 11 is 0. The first-order valence-electron chi connectivity index (χ1n) is 10.7. The van der Waals surface area contributed by atoms with E-state index in [0.29, 0.717) is 26.2 Å². The van der Waals surface area contributed by atoms with E-state index in [1.54, 1.807) is 0 Å². The zero-order valence-corrected chi connectivity index (χ0v) is 18.0. The molecule has 168 valence electrons. The minimum atomic E-state index is -0.799. The zero-order chi connectivity index (χ0) is 23.2. The summed E-state index contributed by atoms with van der Waals surface area (Å²) in [6.45, 7) is 2.06. The molecule has 1 heterocycles. The molecule has 4 rings (SSSR count). The van der Waals surface area contributed by atoms with Gasteiger partial charge in [-0.2, -0.15) is 0 Å². The Morgan fingerprint density at radius 1 is 0.818 bits per heavy atom. The number of anilines is 1. The van der Waals surface area contributed by atoms with E-state index in [-0.39, 0.29) is 17.4 Å². The maximum Gasteiger partial charge on any atom is 0.313 e. The molecule has 3 aromatic carbocycles. The van der Waals surface area contributed by atoms with Crippen LogP contribution in [0.1, 0.15) is 17.2 Å². The standard InChI is InChI=1S/C25H24N4O4/c30-24(26-21-12-7-13-22(18-21)29(32)33)25(31)28-16-14-27(15-17-28)23(19-8-3-1-4-9-19)20-10-5-2-6-11-20/h1-13,18,23H,14-17H2,(H,26,30). The quantitative estimate of drug-likeness (QED) is 0.369. The van der Waals surface area contributed by atoms with Crippen molar-refractivity contribution in [2.75, 3.05) is 31.5 Å². The van der Waals surface area contributed by atoms with Crippen LogP contribution in [0.3, 0.4) is 0 Å². The molecule has 1 N–H and O–H groups in total. The first-order chi connectivity index (χ1) is 16.0. The van der Waals surface area contributed by atoms with Gasteiger partial charge in [0.1, 0.15) is 0 Å². The van der Waals surface area contributed by atoms with Crippen molar-refractivity contribution in [3.63, 3.8) is 0 Å². The zero-order valence-electron chi connectivity index (χ0n) is 18.0. The van der Waals surface area contributed by atoms with Crippen molar-refractivity contribution in [2.45, 2.75) is 6.04 Å². The van der Waals surface area contributed by atoms with Crippen LogP contribution in [0.5, 0.6) is 0 Å². The number of rotatable bonds is 5. The Balaban J connectivity index is 1.42. The number of amides is 2. The van der Waals surface area contributed by atoms with Gasteiger partial charge >= 0.3 is 11.8 Å². The third-order valence-electron chi connectivity index (χ3n) is 5.71. The lowest BCUT2D eigenvalue weighted by molar-refractivity contribution is -0.384. The number of benzene rings is 3. The lowest BCUT2D eigenvalue weighted by Crippen LogP contribution is -2.52. The number of nitrogens with one attached hydrogen (secondary N) is 1. The molecule has 1 fully saturated rings. The highest BCUT2D eigenvalue weighted by Gasteiger charge is 2.30. The Kier molecular flexibility index (Phi) is 6.75. The van der Waals surface area contributed by atoms with Gasteiger partial charge < -0.3 is 10.2 Å². The molecule has 0 spiro atoms. The van der Waals surface area contributed by atoms with Gasteiger partial charge in [-0.05, 0) is 17.2 Å². The average molecular weight is 444 g/mol. The van der Waals surface area contributed by atoms with Gasteiger partial charge in [-0.1, -0.05) is 66.7 Å². The van der Waals surface area contributed by atoms with Crippen LogP contribution in [0, 0.1) is 10.1 Å². The second-order valence-electron chi connectivity index (χ2n) is 7.81. The molecule has 2 amide bonds. The van der Waals surface area contributed by atoms with Gasteiger partial charge in [-0.25, -0.2) is 0 Å². The summed E-state index contributed by atoms with van der Waals surface area (Å²) in [5, 5.41) is 13.4. The van der Waals surface area contributed by atoms with Crippen molar-refractivity contribution < 1.29 is 14.5 Å². The molecule has 8 heteroatoms. The van der Waals surface area contributed by atoms with Gasteiger partial charge in [0.05, 0.1) is 11.0 Å². The maximum atomic E-state index is 12.7. The van der Waals surface area contributed by atoms with Crippen molar-refractivity contribution >= 4 is 23.2 Å². The van der Waals surface area contributed by atoms with Crippen LogP contribution in [-0.2, 0) is 9.59 Å². The summed E-state index contributed by atoms with van der Waals surface area (Å²) in [6.07, 6.45) is 0. The number of hydrogen-bond acceptors (Lipinski definition) is 5. The molecule has 0 radical (unpaired) electrons. The number of piperazine rings is 1. The predicted molar refractivity (Wildman–Crippen MR) is 125 cm³/mol. The van der Waals surface area contributed by atoms with E-state index in [0.717, 1.165) is 0 Å². The Morgan fingerprint density at radius 3 is 1.94 bits per heavy atom. The fourth-order valence-corrected chi connectivity index (χ4v) is 4.09. The molecule has 33 heavy (non-hydrogen) atoms. The molecule has 3 aromatic rings. The van der Waals surface area contributed by atoms with Crippen molar-refractivity contribution in [2.24, 2.45) is 0 Å². The van der Waals surface area contributed by atoms with Crippen molar-refractivity contribution in [1.82, 2.24) is 9.80 Å². The van der Waals surface area contributed by atoms with Crippen LogP contribution in [-0.4, -0.2) is 52.7 Å². The van der Waals surface area contributed by atoms with E-state index in [9.17, 15) is 19.7 Å². The number of non-ortho nitro benzene ring substituents is 1. The van der Waals surface area contributed by atoms with E-state index < -0.39 is 16.7 Å². The highest BCUT2D eigenvalue weighted by Crippen LogP contribution is 2.29. The molecule has 1 aliphatic rings. The molecule has 0 aromatic heterocycles. The van der Waals surface area contributed by atoms with Gasteiger partial charge in [0.25, 0.3) is 5.69 Å². The Hall–Kier alpha value is -4.04. The van der Waals surface area contributed by atoms with Gasteiger partial charge in [-0.3, -0.25) is 24.6 Å². The lowest BCUT2D eigenvalue weighted by atomic mass is 9.96. The minimum Gasteiger partial charge on any atom is -0.332 e. The molecule has 0 unspecified atom stereocenters. The van der Waals surface area contributed by atoms with Gasteiger partial charge in [0, 0.05) is 44.0 Å². The van der Waals surface area contributed by atoms with Crippen LogP contribution in [0.4, 0.5) is 11.4 Å². The third-order valence-corrected chi connectivity index (χ3v) is 5.71. The van der Waals surface area contributed by atoms with Gasteiger partial charge in [0.15, 0.2) is 0 Å². The average Bonchev–Trinajstić information content (AvgIpc) is 2.85. The van der Waals surface area contributed by atoms with E-state index in [1.807, 2.05) is 36.4 Å². The normalized spacial score (nSPS) is 14.2. The third kappa shape index (κ3) is 5.24. The number of nitro benzene ring substituents is 1. The fourth-order valence-electron chi connectivity index (χ4n) is 4.09. The first kappa shape index (κ1) is 22.2. The van der Waals surface area contributed by atoms with Crippen molar-refractivity contribution in [1.29, 1.82) is 0 Å². The number of nitro groups is 1. The molecule has 8 nitrogen and oxygen atoms in total. The topological polar surface area (TPSA) is 95.8 Å². The second-order valence-corrected chi connectivity index (χ2v) is 7.81. The SMILES string of the molecule is O=C(Nc1cccc([N+](=O)[O-])c1)C(=O)N1CCN(C(c2ccccc2)c2ccccc2)CC1. The predicted octanol–water partition coefficient (Wildman–Crippen LogP) is 3.47. The largest absolute Gasteiger partial charge is 0.332 e. The van der Waals surface area contributed by atoms with Gasteiger partial charge in [-0.15, -0.1) is 0 Å². The van der Waals surface area contributed by atoms with E-state index in [4.69, 9.17) is 0 Å².